The third-order valence-corrected chi connectivity index (χ3v) is 8.15. The minimum Gasteiger partial charge on any atom is -0.309 e. The Hall–Kier alpha value is -5.48. The number of benzene rings is 4. The molecule has 40 heavy (non-hydrogen) atoms. The first-order valence-corrected chi connectivity index (χ1v) is 13.5. The summed E-state index contributed by atoms with van der Waals surface area (Å²) in [5.74, 6) is 0.892. The molecule has 0 spiro atoms. The lowest BCUT2D eigenvalue weighted by Crippen LogP contribution is -1.98. The Balaban J connectivity index is 1.43. The normalized spacial score (nSPS) is 12.0. The molecule has 0 aliphatic carbocycles. The Morgan fingerprint density at radius 3 is 2.00 bits per heavy atom. The third kappa shape index (κ3) is 2.90. The van der Waals surface area contributed by atoms with Gasteiger partial charge in [-0.1, -0.05) is 66.7 Å². The van der Waals surface area contributed by atoms with E-state index in [4.69, 9.17) is 4.98 Å². The number of aromatic nitrogens is 4. The maximum atomic E-state index is 5.12. The lowest BCUT2D eigenvalue weighted by atomic mass is 10.1. The van der Waals surface area contributed by atoms with Crippen LogP contribution >= 0.6 is 0 Å². The van der Waals surface area contributed by atoms with Crippen LogP contribution in [0.4, 0.5) is 0 Å². The van der Waals surface area contributed by atoms with Crippen molar-refractivity contribution in [2.75, 3.05) is 0 Å². The molecule has 0 unspecified atom stereocenters. The maximum Gasteiger partial charge on any atom is 0.138 e. The second kappa shape index (κ2) is 8.01. The number of nitrogens with zero attached hydrogens (tertiary/aromatic N) is 4. The molecule has 0 radical (unpaired) electrons. The summed E-state index contributed by atoms with van der Waals surface area (Å²) in [6, 6.07) is 43.3. The van der Waals surface area contributed by atoms with E-state index in [9.17, 15) is 0 Å². The highest BCUT2D eigenvalue weighted by molar-refractivity contribution is 6.18. The summed E-state index contributed by atoms with van der Waals surface area (Å²) in [4.78, 5) is 9.43. The molecule has 5 heterocycles. The first-order valence-electron chi connectivity index (χ1n) is 13.5. The van der Waals surface area contributed by atoms with Crippen LogP contribution in [-0.2, 0) is 0 Å². The molecule has 4 nitrogen and oxygen atoms in total. The van der Waals surface area contributed by atoms with E-state index < -0.39 is 0 Å². The van der Waals surface area contributed by atoms with Crippen LogP contribution in [0.5, 0.6) is 0 Å². The molecule has 4 heteroatoms. The molecular weight excluding hydrogens is 488 g/mol. The van der Waals surface area contributed by atoms with Crippen molar-refractivity contribution in [1.29, 1.82) is 0 Å². The summed E-state index contributed by atoms with van der Waals surface area (Å²) in [6.45, 7) is 0. The Morgan fingerprint density at radius 1 is 0.475 bits per heavy atom. The molecule has 5 aromatic heterocycles. The average molecular weight is 511 g/mol. The van der Waals surface area contributed by atoms with Crippen molar-refractivity contribution in [3.63, 3.8) is 0 Å². The van der Waals surface area contributed by atoms with E-state index in [1.54, 1.807) is 6.20 Å². The fraction of sp³-hybridized carbons (Fsp3) is 0. The van der Waals surface area contributed by atoms with E-state index in [1.807, 2.05) is 18.3 Å². The van der Waals surface area contributed by atoms with Gasteiger partial charge in [0.25, 0.3) is 0 Å². The lowest BCUT2D eigenvalue weighted by molar-refractivity contribution is 1.08. The Labute approximate surface area is 229 Å². The predicted molar refractivity (Wildman–Crippen MR) is 165 cm³/mol. The molecule has 0 fully saturated rings. The molecule has 0 amide bonds. The van der Waals surface area contributed by atoms with Gasteiger partial charge in [0, 0.05) is 44.9 Å². The topological polar surface area (TPSA) is 35.1 Å². The molecule has 0 aliphatic rings. The highest BCUT2D eigenvalue weighted by Gasteiger charge is 2.18. The molecule has 9 aromatic rings. The van der Waals surface area contributed by atoms with Gasteiger partial charge in [-0.15, -0.1) is 0 Å². The van der Waals surface area contributed by atoms with Gasteiger partial charge >= 0.3 is 0 Å². The van der Waals surface area contributed by atoms with Gasteiger partial charge in [0.1, 0.15) is 5.82 Å². The van der Waals surface area contributed by atoms with Crippen LogP contribution in [-0.4, -0.2) is 18.9 Å². The van der Waals surface area contributed by atoms with Crippen molar-refractivity contribution in [3.8, 4) is 17.1 Å². The Kier molecular flexibility index (Phi) is 4.30. The molecular formula is C36H22N4. The zero-order valence-electron chi connectivity index (χ0n) is 21.5. The van der Waals surface area contributed by atoms with Crippen molar-refractivity contribution in [3.05, 3.63) is 134 Å². The summed E-state index contributed by atoms with van der Waals surface area (Å²) in [5, 5.41) is 7.48. The van der Waals surface area contributed by atoms with E-state index in [-0.39, 0.29) is 0 Å². The third-order valence-electron chi connectivity index (χ3n) is 8.15. The highest BCUT2D eigenvalue weighted by Crippen LogP contribution is 2.39. The van der Waals surface area contributed by atoms with Gasteiger partial charge in [0.2, 0.25) is 0 Å². The fourth-order valence-corrected chi connectivity index (χ4v) is 6.44. The number of hydrogen-bond donors (Lipinski definition) is 0. The summed E-state index contributed by atoms with van der Waals surface area (Å²) in [7, 11) is 0. The summed E-state index contributed by atoms with van der Waals surface area (Å²) < 4.78 is 4.72. The van der Waals surface area contributed by atoms with Gasteiger partial charge in [-0.3, -0.25) is 9.55 Å². The second-order valence-corrected chi connectivity index (χ2v) is 10.3. The van der Waals surface area contributed by atoms with Gasteiger partial charge in [-0.2, -0.15) is 0 Å². The largest absolute Gasteiger partial charge is 0.309 e. The van der Waals surface area contributed by atoms with Crippen LogP contribution in [0.25, 0.3) is 77.0 Å². The minimum atomic E-state index is 0.892. The molecule has 0 bridgehead atoms. The van der Waals surface area contributed by atoms with Crippen molar-refractivity contribution < 1.29 is 0 Å². The van der Waals surface area contributed by atoms with E-state index in [0.717, 1.165) is 28.1 Å². The first kappa shape index (κ1) is 21.5. The molecule has 186 valence electrons. The van der Waals surface area contributed by atoms with E-state index in [0.29, 0.717) is 0 Å². The van der Waals surface area contributed by atoms with Crippen LogP contribution < -0.4 is 0 Å². The number of fused-ring (bicyclic) bond motifs is 11. The van der Waals surface area contributed by atoms with Crippen LogP contribution in [0, 0.1) is 0 Å². The summed E-state index contributed by atoms with van der Waals surface area (Å²) in [5.41, 5.74) is 7.82. The fourth-order valence-electron chi connectivity index (χ4n) is 6.44. The minimum absolute atomic E-state index is 0.892. The quantitative estimate of drug-likeness (QED) is 0.218. The SMILES string of the molecule is c1cncc(-c2cccc(-n3c4ccccc4c4cc5cc6c7ccccc7c7ccccc7n6c5cc43)n2)c1. The highest BCUT2D eigenvalue weighted by atomic mass is 15.1. The van der Waals surface area contributed by atoms with Crippen molar-refractivity contribution in [2.24, 2.45) is 0 Å². The van der Waals surface area contributed by atoms with Crippen LogP contribution in [0.15, 0.2) is 134 Å². The standard InChI is InChI=1S/C36H22N4/c1-2-12-27-25(10-1)26-11-3-5-15-31(26)39-33-21-35-29(19-24(33)20-34(27)39)28-13-4-6-16-32(28)40(35)36-17-7-14-30(38-36)23-9-8-18-37-22-23/h1-22H. The van der Waals surface area contributed by atoms with Crippen molar-refractivity contribution in [2.45, 2.75) is 0 Å². The number of pyridine rings is 3. The number of rotatable bonds is 2. The van der Waals surface area contributed by atoms with E-state index >= 15 is 0 Å². The maximum absolute atomic E-state index is 5.12. The second-order valence-electron chi connectivity index (χ2n) is 10.3. The summed E-state index contributed by atoms with van der Waals surface area (Å²) in [6.07, 6.45) is 3.66. The number of hydrogen-bond acceptors (Lipinski definition) is 2. The van der Waals surface area contributed by atoms with E-state index in [1.165, 1.54) is 48.9 Å². The van der Waals surface area contributed by atoms with Gasteiger partial charge in [-0.05, 0) is 60.0 Å². The molecule has 9 rings (SSSR count). The predicted octanol–water partition coefficient (Wildman–Crippen LogP) is 8.95. The van der Waals surface area contributed by atoms with Crippen LogP contribution in [0.1, 0.15) is 0 Å². The molecule has 0 N–H and O–H groups in total. The van der Waals surface area contributed by atoms with Gasteiger partial charge in [-0.25, -0.2) is 4.98 Å². The number of para-hydroxylation sites is 2. The smallest absolute Gasteiger partial charge is 0.138 e. The zero-order chi connectivity index (χ0) is 26.2. The van der Waals surface area contributed by atoms with Gasteiger partial charge < -0.3 is 4.40 Å². The molecule has 0 aliphatic heterocycles. The van der Waals surface area contributed by atoms with E-state index in [2.05, 4.69) is 123 Å². The molecule has 0 saturated carbocycles. The van der Waals surface area contributed by atoms with Crippen molar-refractivity contribution >= 4 is 59.9 Å². The van der Waals surface area contributed by atoms with Gasteiger partial charge in [0.15, 0.2) is 0 Å². The Morgan fingerprint density at radius 2 is 1.20 bits per heavy atom. The van der Waals surface area contributed by atoms with Crippen LogP contribution in [0.3, 0.4) is 0 Å². The first-order chi connectivity index (χ1) is 19.8. The monoisotopic (exact) mass is 510 g/mol. The lowest BCUT2D eigenvalue weighted by Gasteiger charge is -2.11. The van der Waals surface area contributed by atoms with Gasteiger partial charge in [0.05, 0.1) is 33.3 Å². The summed E-state index contributed by atoms with van der Waals surface area (Å²) >= 11 is 0. The molecule has 4 aromatic carbocycles. The Bertz CT molecular complexity index is 2430. The molecule has 0 atom stereocenters. The van der Waals surface area contributed by atoms with Crippen molar-refractivity contribution in [1.82, 2.24) is 18.9 Å². The average Bonchev–Trinajstić information content (AvgIpc) is 3.56. The molecule has 0 saturated heterocycles. The van der Waals surface area contributed by atoms with Crippen LogP contribution in [0.2, 0.25) is 0 Å². The zero-order valence-corrected chi connectivity index (χ0v) is 21.5.